The molecule has 1 saturated heterocycles. The molecule has 0 saturated carbocycles. The Labute approximate surface area is 206 Å². The monoisotopic (exact) mass is 487 g/mol. The lowest BCUT2D eigenvalue weighted by atomic mass is 10.2. The predicted octanol–water partition coefficient (Wildman–Crippen LogP) is 3.96. The minimum Gasteiger partial charge on any atom is -0.339 e. The fourth-order valence-electron chi connectivity index (χ4n) is 4.71. The number of piperazine rings is 1. The molecule has 4 aromatic rings. The molecule has 0 bridgehead atoms. The van der Waals surface area contributed by atoms with Gasteiger partial charge >= 0.3 is 0 Å². The fourth-order valence-corrected chi connectivity index (χ4v) is 6.29. The SMILES string of the molecule is O=C(Cn1cc(S(=O)(=O)Cc2ccccc2)c2ccccc21)N1CCN(Cc2ccccc2)CC1. The molecule has 0 spiro atoms. The van der Waals surface area contributed by atoms with E-state index in [1.165, 1.54) is 5.56 Å². The Kier molecular flexibility index (Phi) is 6.70. The van der Waals surface area contributed by atoms with Gasteiger partial charge in [0.25, 0.3) is 0 Å². The van der Waals surface area contributed by atoms with E-state index in [2.05, 4.69) is 17.0 Å². The van der Waals surface area contributed by atoms with Crippen LogP contribution in [0.2, 0.25) is 0 Å². The van der Waals surface area contributed by atoms with Crippen molar-refractivity contribution in [2.24, 2.45) is 0 Å². The standard InChI is InChI=1S/C28H29N3O3S/c32-28(30-17-15-29(16-18-30)19-23-9-3-1-4-10-23)21-31-20-27(25-13-7-8-14-26(25)31)35(33,34)22-24-11-5-2-6-12-24/h1-14,20H,15-19,21-22H2. The van der Waals surface area contributed by atoms with E-state index in [1.54, 1.807) is 10.8 Å². The molecule has 0 aliphatic carbocycles. The summed E-state index contributed by atoms with van der Waals surface area (Å²) < 4.78 is 28.4. The number of hydrogen-bond acceptors (Lipinski definition) is 4. The number of para-hydroxylation sites is 1. The summed E-state index contributed by atoms with van der Waals surface area (Å²) in [7, 11) is -3.57. The summed E-state index contributed by atoms with van der Waals surface area (Å²) in [5, 5.41) is 0.656. The van der Waals surface area contributed by atoms with Gasteiger partial charge in [-0.05, 0) is 17.2 Å². The summed E-state index contributed by atoms with van der Waals surface area (Å²) in [5.41, 5.74) is 2.78. The van der Waals surface area contributed by atoms with Crippen LogP contribution in [0.4, 0.5) is 0 Å². The number of aromatic nitrogens is 1. The van der Waals surface area contributed by atoms with Crippen LogP contribution in [-0.4, -0.2) is 54.9 Å². The van der Waals surface area contributed by atoms with Gasteiger partial charge < -0.3 is 9.47 Å². The molecule has 180 valence electrons. The number of benzene rings is 3. The van der Waals surface area contributed by atoms with E-state index < -0.39 is 9.84 Å². The van der Waals surface area contributed by atoms with Crippen LogP contribution in [0, 0.1) is 0 Å². The van der Waals surface area contributed by atoms with Crippen molar-refractivity contribution in [2.75, 3.05) is 26.2 Å². The first-order chi connectivity index (χ1) is 17.0. The Morgan fingerprint density at radius 1 is 0.743 bits per heavy atom. The number of carbonyl (C=O) groups excluding carboxylic acids is 1. The fraction of sp³-hybridized carbons (Fsp3) is 0.250. The van der Waals surface area contributed by atoms with E-state index >= 15 is 0 Å². The molecule has 6 nitrogen and oxygen atoms in total. The molecule has 7 heteroatoms. The average molecular weight is 488 g/mol. The summed E-state index contributed by atoms with van der Waals surface area (Å²) in [5.74, 6) is -0.0590. The van der Waals surface area contributed by atoms with Gasteiger partial charge in [0, 0.05) is 49.8 Å². The highest BCUT2D eigenvalue weighted by molar-refractivity contribution is 7.90. The number of fused-ring (bicyclic) bond motifs is 1. The van der Waals surface area contributed by atoms with Crippen LogP contribution in [-0.2, 0) is 33.5 Å². The van der Waals surface area contributed by atoms with Gasteiger partial charge in [0.2, 0.25) is 5.91 Å². The third-order valence-electron chi connectivity index (χ3n) is 6.57. The van der Waals surface area contributed by atoms with Crippen LogP contribution in [0.1, 0.15) is 11.1 Å². The quantitative estimate of drug-likeness (QED) is 0.396. The van der Waals surface area contributed by atoms with Crippen molar-refractivity contribution in [1.29, 1.82) is 0 Å². The molecule has 1 aliphatic rings. The highest BCUT2D eigenvalue weighted by atomic mass is 32.2. The maximum atomic E-state index is 13.3. The van der Waals surface area contributed by atoms with Gasteiger partial charge in [-0.2, -0.15) is 0 Å². The number of amides is 1. The zero-order valence-corrected chi connectivity index (χ0v) is 20.4. The highest BCUT2D eigenvalue weighted by Crippen LogP contribution is 2.28. The average Bonchev–Trinajstić information content (AvgIpc) is 3.25. The van der Waals surface area contributed by atoms with E-state index in [4.69, 9.17) is 0 Å². The maximum absolute atomic E-state index is 13.3. The van der Waals surface area contributed by atoms with Gasteiger partial charge in [0.1, 0.15) is 6.54 Å². The zero-order chi connectivity index (χ0) is 24.3. The maximum Gasteiger partial charge on any atom is 0.242 e. The van der Waals surface area contributed by atoms with E-state index in [0.717, 1.165) is 30.7 Å². The van der Waals surface area contributed by atoms with Crippen LogP contribution >= 0.6 is 0 Å². The van der Waals surface area contributed by atoms with Gasteiger partial charge in [-0.25, -0.2) is 8.42 Å². The van der Waals surface area contributed by atoms with E-state index in [9.17, 15) is 13.2 Å². The van der Waals surface area contributed by atoms with E-state index in [1.807, 2.05) is 77.7 Å². The first kappa shape index (κ1) is 23.3. The summed E-state index contributed by atoms with van der Waals surface area (Å²) in [6.07, 6.45) is 1.63. The second-order valence-corrected chi connectivity index (χ2v) is 11.0. The molecule has 0 N–H and O–H groups in total. The third kappa shape index (κ3) is 5.31. The summed E-state index contributed by atoms with van der Waals surface area (Å²) >= 11 is 0. The lowest BCUT2D eigenvalue weighted by Crippen LogP contribution is -2.49. The summed E-state index contributed by atoms with van der Waals surface area (Å²) in [4.78, 5) is 17.7. The minimum absolute atomic E-state index is 0.0112. The van der Waals surface area contributed by atoms with Crippen molar-refractivity contribution in [3.8, 4) is 0 Å². The van der Waals surface area contributed by atoms with Crippen LogP contribution in [0.3, 0.4) is 0 Å². The molecule has 3 aromatic carbocycles. The molecule has 1 aromatic heterocycles. The van der Waals surface area contributed by atoms with Gasteiger partial charge in [0.15, 0.2) is 9.84 Å². The molecule has 1 aliphatic heterocycles. The lowest BCUT2D eigenvalue weighted by Gasteiger charge is -2.35. The number of nitrogens with zero attached hydrogens (tertiary/aromatic N) is 3. The number of carbonyl (C=O) groups is 1. The Balaban J connectivity index is 1.30. The van der Waals surface area contributed by atoms with Crippen LogP contribution in [0.15, 0.2) is 96.0 Å². The van der Waals surface area contributed by atoms with Crippen molar-refractivity contribution >= 4 is 26.6 Å². The van der Waals surface area contributed by atoms with Gasteiger partial charge in [-0.1, -0.05) is 78.9 Å². The van der Waals surface area contributed by atoms with Gasteiger partial charge in [-0.15, -0.1) is 0 Å². The van der Waals surface area contributed by atoms with Crippen LogP contribution < -0.4 is 0 Å². The summed E-state index contributed by atoms with van der Waals surface area (Å²) in [6, 6.07) is 26.9. The second-order valence-electron chi connectivity index (χ2n) is 9.03. The third-order valence-corrected chi connectivity index (χ3v) is 8.28. The van der Waals surface area contributed by atoms with Crippen molar-refractivity contribution in [2.45, 2.75) is 23.7 Å². The molecule has 0 radical (unpaired) electrons. The Morgan fingerprint density at radius 3 is 2.03 bits per heavy atom. The molecular weight excluding hydrogens is 458 g/mol. The predicted molar refractivity (Wildman–Crippen MR) is 138 cm³/mol. The number of rotatable bonds is 7. The van der Waals surface area contributed by atoms with Crippen LogP contribution in [0.25, 0.3) is 10.9 Å². The summed E-state index contributed by atoms with van der Waals surface area (Å²) in [6.45, 7) is 4.00. The minimum atomic E-state index is -3.57. The van der Waals surface area contributed by atoms with Crippen LogP contribution in [0.5, 0.6) is 0 Å². The van der Waals surface area contributed by atoms with E-state index in [0.29, 0.717) is 18.5 Å². The molecule has 1 fully saturated rings. The van der Waals surface area contributed by atoms with Gasteiger partial charge in [0.05, 0.1) is 10.6 Å². The lowest BCUT2D eigenvalue weighted by molar-refractivity contribution is -0.133. The highest BCUT2D eigenvalue weighted by Gasteiger charge is 2.25. The topological polar surface area (TPSA) is 62.6 Å². The smallest absolute Gasteiger partial charge is 0.242 e. The van der Waals surface area contributed by atoms with Crippen molar-refractivity contribution < 1.29 is 13.2 Å². The molecule has 0 atom stereocenters. The largest absolute Gasteiger partial charge is 0.339 e. The Morgan fingerprint density at radius 2 is 1.34 bits per heavy atom. The van der Waals surface area contributed by atoms with Crippen molar-refractivity contribution in [1.82, 2.24) is 14.4 Å². The molecule has 35 heavy (non-hydrogen) atoms. The second kappa shape index (κ2) is 10.1. The normalized spacial score (nSPS) is 14.9. The van der Waals surface area contributed by atoms with Crippen molar-refractivity contribution in [3.05, 3.63) is 102 Å². The molecule has 0 unspecified atom stereocenters. The van der Waals surface area contributed by atoms with Gasteiger partial charge in [-0.3, -0.25) is 9.69 Å². The first-order valence-electron chi connectivity index (χ1n) is 11.9. The molecular formula is C28H29N3O3S. The number of hydrogen-bond donors (Lipinski definition) is 0. The molecule has 5 rings (SSSR count). The molecule has 2 heterocycles. The number of sulfone groups is 1. The first-order valence-corrected chi connectivity index (χ1v) is 13.5. The Bertz CT molecular complexity index is 1410. The van der Waals surface area contributed by atoms with Crippen molar-refractivity contribution in [3.63, 3.8) is 0 Å². The zero-order valence-electron chi connectivity index (χ0n) is 19.6. The molecule has 1 amide bonds. The van der Waals surface area contributed by atoms with E-state index in [-0.39, 0.29) is 23.1 Å². The Hall–Kier alpha value is -3.42.